The van der Waals surface area contributed by atoms with Gasteiger partial charge in [0, 0.05) is 38.4 Å². The van der Waals surface area contributed by atoms with Gasteiger partial charge < -0.3 is 4.90 Å². The lowest BCUT2D eigenvalue weighted by molar-refractivity contribution is 0.0647. The van der Waals surface area contributed by atoms with Crippen molar-refractivity contribution in [2.24, 2.45) is 0 Å². The van der Waals surface area contributed by atoms with Crippen molar-refractivity contribution < 1.29 is 9.59 Å². The van der Waals surface area contributed by atoms with E-state index in [2.05, 4.69) is 41.8 Å². The molecule has 0 saturated carbocycles. The Bertz CT molecular complexity index is 865. The number of amides is 2. The lowest BCUT2D eigenvalue weighted by Crippen LogP contribution is -2.47. The van der Waals surface area contributed by atoms with E-state index in [1.165, 1.54) is 21.7 Å². The van der Waals surface area contributed by atoms with Crippen LogP contribution in [-0.2, 0) is 0 Å². The predicted molar refractivity (Wildman–Crippen MR) is 111 cm³/mol. The lowest BCUT2D eigenvalue weighted by Gasteiger charge is -2.37. The van der Waals surface area contributed by atoms with Crippen LogP contribution in [0.2, 0.25) is 0 Å². The average Bonchev–Trinajstić information content (AvgIpc) is 2.95. The molecule has 0 bridgehead atoms. The standard InChI is InChI=1S/C23H27N3O2/c1-17-8-9-18(2)21(16-17)25-14-12-24(13-15-25)10-5-11-26-22(27)19-6-3-4-7-20(19)23(26)28/h3-4,6-9,16H,5,10-15H2,1-2H3. The van der Waals surface area contributed by atoms with Gasteiger partial charge in [0.05, 0.1) is 11.1 Å². The Morgan fingerprint density at radius 3 is 2.11 bits per heavy atom. The van der Waals surface area contributed by atoms with E-state index in [0.29, 0.717) is 17.7 Å². The molecule has 2 aromatic rings. The van der Waals surface area contributed by atoms with Crippen LogP contribution in [0.15, 0.2) is 42.5 Å². The molecular weight excluding hydrogens is 350 g/mol. The first-order valence-electron chi connectivity index (χ1n) is 10.0. The molecule has 28 heavy (non-hydrogen) atoms. The van der Waals surface area contributed by atoms with Gasteiger partial charge in [-0.05, 0) is 56.1 Å². The van der Waals surface area contributed by atoms with Gasteiger partial charge in [0.1, 0.15) is 0 Å². The maximum absolute atomic E-state index is 12.4. The summed E-state index contributed by atoms with van der Waals surface area (Å²) in [5, 5.41) is 0. The molecule has 0 unspecified atom stereocenters. The third kappa shape index (κ3) is 3.54. The molecule has 0 aromatic heterocycles. The van der Waals surface area contributed by atoms with Crippen molar-refractivity contribution in [2.75, 3.05) is 44.2 Å². The number of benzene rings is 2. The summed E-state index contributed by atoms with van der Waals surface area (Å²) in [6, 6.07) is 13.7. The Morgan fingerprint density at radius 1 is 0.821 bits per heavy atom. The van der Waals surface area contributed by atoms with Crippen molar-refractivity contribution in [2.45, 2.75) is 20.3 Å². The number of fused-ring (bicyclic) bond motifs is 1. The van der Waals surface area contributed by atoms with Gasteiger partial charge in [0.2, 0.25) is 0 Å². The number of carbonyl (C=O) groups is 2. The van der Waals surface area contributed by atoms with Crippen LogP contribution < -0.4 is 4.90 Å². The van der Waals surface area contributed by atoms with E-state index in [4.69, 9.17) is 0 Å². The molecule has 2 amide bonds. The highest BCUT2D eigenvalue weighted by Crippen LogP contribution is 2.24. The molecule has 2 aromatic carbocycles. The van der Waals surface area contributed by atoms with Crippen LogP contribution in [0, 0.1) is 13.8 Å². The highest BCUT2D eigenvalue weighted by molar-refractivity contribution is 6.21. The van der Waals surface area contributed by atoms with E-state index in [1.54, 1.807) is 12.1 Å². The fraction of sp³-hybridized carbons (Fsp3) is 0.391. The summed E-state index contributed by atoms with van der Waals surface area (Å²) in [7, 11) is 0. The number of piperazine rings is 1. The van der Waals surface area contributed by atoms with Crippen molar-refractivity contribution in [1.29, 1.82) is 0 Å². The number of anilines is 1. The number of nitrogens with zero attached hydrogens (tertiary/aromatic N) is 3. The summed E-state index contributed by atoms with van der Waals surface area (Å²) >= 11 is 0. The summed E-state index contributed by atoms with van der Waals surface area (Å²) < 4.78 is 0. The van der Waals surface area contributed by atoms with E-state index in [1.807, 2.05) is 12.1 Å². The smallest absolute Gasteiger partial charge is 0.261 e. The molecule has 5 heteroatoms. The topological polar surface area (TPSA) is 43.9 Å². The van der Waals surface area contributed by atoms with Crippen molar-refractivity contribution in [1.82, 2.24) is 9.80 Å². The normalized spacial score (nSPS) is 17.4. The fourth-order valence-electron chi connectivity index (χ4n) is 4.17. The van der Waals surface area contributed by atoms with Gasteiger partial charge >= 0.3 is 0 Å². The van der Waals surface area contributed by atoms with Crippen LogP contribution >= 0.6 is 0 Å². The first-order valence-corrected chi connectivity index (χ1v) is 10.0. The number of carbonyl (C=O) groups excluding carboxylic acids is 2. The van der Waals surface area contributed by atoms with Gasteiger partial charge in [-0.1, -0.05) is 24.3 Å². The molecule has 2 heterocycles. The summed E-state index contributed by atoms with van der Waals surface area (Å²) in [6.07, 6.45) is 0.814. The first-order chi connectivity index (χ1) is 13.5. The monoisotopic (exact) mass is 377 g/mol. The highest BCUT2D eigenvalue weighted by Gasteiger charge is 2.34. The Hall–Kier alpha value is -2.66. The molecule has 1 fully saturated rings. The molecule has 0 atom stereocenters. The second-order valence-electron chi connectivity index (χ2n) is 7.78. The van der Waals surface area contributed by atoms with Crippen LogP contribution in [0.4, 0.5) is 5.69 Å². The first kappa shape index (κ1) is 18.7. The van der Waals surface area contributed by atoms with Gasteiger partial charge in [-0.2, -0.15) is 0 Å². The zero-order valence-electron chi connectivity index (χ0n) is 16.6. The van der Waals surface area contributed by atoms with Crippen molar-refractivity contribution in [3.63, 3.8) is 0 Å². The maximum atomic E-state index is 12.4. The van der Waals surface area contributed by atoms with Crippen LogP contribution in [0.3, 0.4) is 0 Å². The van der Waals surface area contributed by atoms with Gasteiger partial charge in [0.15, 0.2) is 0 Å². The lowest BCUT2D eigenvalue weighted by atomic mass is 10.1. The average molecular weight is 377 g/mol. The molecule has 1 saturated heterocycles. The molecule has 0 radical (unpaired) electrons. The minimum absolute atomic E-state index is 0.152. The third-order valence-corrected chi connectivity index (χ3v) is 5.81. The van der Waals surface area contributed by atoms with Gasteiger partial charge in [0.25, 0.3) is 11.8 Å². The van der Waals surface area contributed by atoms with E-state index in [9.17, 15) is 9.59 Å². The summed E-state index contributed by atoms with van der Waals surface area (Å²) in [4.78, 5) is 31.2. The summed E-state index contributed by atoms with van der Waals surface area (Å²) in [6.45, 7) is 9.75. The Kier molecular flexibility index (Phi) is 5.18. The molecule has 4 rings (SSSR count). The highest BCUT2D eigenvalue weighted by atomic mass is 16.2. The summed E-state index contributed by atoms with van der Waals surface area (Å²) in [5.74, 6) is -0.305. The SMILES string of the molecule is Cc1ccc(C)c(N2CCN(CCCN3C(=O)c4ccccc4C3=O)CC2)c1. The molecule has 5 nitrogen and oxygen atoms in total. The molecule has 0 spiro atoms. The largest absolute Gasteiger partial charge is 0.369 e. The second kappa shape index (κ2) is 7.76. The van der Waals surface area contributed by atoms with Crippen LogP contribution in [-0.4, -0.2) is 60.9 Å². The Balaban J connectivity index is 1.27. The Morgan fingerprint density at radius 2 is 1.46 bits per heavy atom. The minimum atomic E-state index is -0.152. The van der Waals surface area contributed by atoms with Crippen molar-refractivity contribution in [3.05, 3.63) is 64.7 Å². The van der Waals surface area contributed by atoms with Gasteiger partial charge in [-0.3, -0.25) is 19.4 Å². The second-order valence-corrected chi connectivity index (χ2v) is 7.78. The van der Waals surface area contributed by atoms with Crippen LogP contribution in [0.25, 0.3) is 0 Å². The van der Waals surface area contributed by atoms with Gasteiger partial charge in [-0.25, -0.2) is 0 Å². The molecular formula is C23H27N3O2. The van der Waals surface area contributed by atoms with Crippen molar-refractivity contribution in [3.8, 4) is 0 Å². The molecule has 0 aliphatic carbocycles. The number of hydrogen-bond donors (Lipinski definition) is 0. The predicted octanol–water partition coefficient (Wildman–Crippen LogP) is 3.11. The maximum Gasteiger partial charge on any atom is 0.261 e. The summed E-state index contributed by atoms with van der Waals surface area (Å²) in [5.41, 5.74) is 5.03. The minimum Gasteiger partial charge on any atom is -0.369 e. The van der Waals surface area contributed by atoms with Gasteiger partial charge in [-0.15, -0.1) is 0 Å². The zero-order chi connectivity index (χ0) is 19.7. The third-order valence-electron chi connectivity index (χ3n) is 5.81. The van der Waals surface area contributed by atoms with Crippen molar-refractivity contribution >= 4 is 17.5 Å². The molecule has 146 valence electrons. The molecule has 2 aliphatic rings. The molecule has 0 N–H and O–H groups in total. The number of hydrogen-bond acceptors (Lipinski definition) is 4. The van der Waals surface area contributed by atoms with Crippen LogP contribution in [0.5, 0.6) is 0 Å². The van der Waals surface area contributed by atoms with E-state index in [0.717, 1.165) is 39.1 Å². The number of rotatable bonds is 5. The molecule has 2 aliphatic heterocycles. The number of aryl methyl sites for hydroxylation is 2. The van der Waals surface area contributed by atoms with E-state index >= 15 is 0 Å². The quantitative estimate of drug-likeness (QED) is 0.751. The van der Waals surface area contributed by atoms with E-state index in [-0.39, 0.29) is 11.8 Å². The fourth-order valence-corrected chi connectivity index (χ4v) is 4.17. The van der Waals surface area contributed by atoms with E-state index < -0.39 is 0 Å². The Labute approximate surface area is 166 Å². The zero-order valence-corrected chi connectivity index (χ0v) is 16.6. The van der Waals surface area contributed by atoms with Crippen LogP contribution in [0.1, 0.15) is 38.3 Å². The number of imide groups is 1.